The monoisotopic (exact) mass is 403 g/mol. The number of carbonyl (C=O) groups excluding carboxylic acids is 2. The van der Waals surface area contributed by atoms with Crippen LogP contribution in [0.1, 0.15) is 58.0 Å². The second-order valence-corrected chi connectivity index (χ2v) is 7.19. The molecule has 5 nitrogen and oxygen atoms in total. The molecule has 3 aromatic rings. The quantitative estimate of drug-likeness (QED) is 0.270. The third-order valence-corrected chi connectivity index (χ3v) is 4.91. The van der Waals surface area contributed by atoms with Gasteiger partial charge in [0.05, 0.1) is 0 Å². The lowest BCUT2D eigenvalue weighted by molar-refractivity contribution is 0.101. The summed E-state index contributed by atoms with van der Waals surface area (Å²) in [6.45, 7) is 2.11. The molecule has 0 heterocycles. The molecule has 1 amide bonds. The van der Waals surface area contributed by atoms with Gasteiger partial charge in [0.25, 0.3) is 5.91 Å². The van der Waals surface area contributed by atoms with E-state index in [0.717, 1.165) is 31.2 Å². The number of anilines is 1. The molecule has 154 valence electrons. The molecule has 5 heteroatoms. The standard InChI is InChI=1S/C25H25NO4/c1-2-3-5-8-17-15-21(27)23(22(28)16-17)26-25(30)20-13-11-19(12-14-20)24(29)18-9-6-4-7-10-18/h4,6-7,9-16,27-28H,2-3,5,8H2,1H3,(H,26,30). The van der Waals surface area contributed by atoms with Crippen LogP contribution in [0, 0.1) is 0 Å². The number of carbonyl (C=O) groups is 2. The number of nitrogens with one attached hydrogen (secondary N) is 1. The molecule has 0 bridgehead atoms. The van der Waals surface area contributed by atoms with Gasteiger partial charge in [-0.3, -0.25) is 9.59 Å². The second-order valence-electron chi connectivity index (χ2n) is 7.19. The van der Waals surface area contributed by atoms with Crippen molar-refractivity contribution in [3.63, 3.8) is 0 Å². The van der Waals surface area contributed by atoms with Crippen molar-refractivity contribution < 1.29 is 19.8 Å². The first-order valence-corrected chi connectivity index (χ1v) is 10.1. The molecule has 0 aliphatic heterocycles. The summed E-state index contributed by atoms with van der Waals surface area (Å²) in [5.74, 6) is -0.967. The van der Waals surface area contributed by atoms with E-state index in [0.29, 0.717) is 16.7 Å². The summed E-state index contributed by atoms with van der Waals surface area (Å²) < 4.78 is 0. The highest BCUT2D eigenvalue weighted by Crippen LogP contribution is 2.35. The van der Waals surface area contributed by atoms with Gasteiger partial charge >= 0.3 is 0 Å². The first kappa shape index (κ1) is 21.1. The predicted octanol–water partition coefficient (Wildman–Crippen LogP) is 5.31. The maximum atomic E-state index is 12.5. The van der Waals surface area contributed by atoms with Gasteiger partial charge < -0.3 is 15.5 Å². The van der Waals surface area contributed by atoms with Crippen molar-refractivity contribution in [2.75, 3.05) is 5.32 Å². The number of amides is 1. The number of hydrogen-bond acceptors (Lipinski definition) is 4. The Labute approximate surface area is 176 Å². The Kier molecular flexibility index (Phi) is 6.86. The van der Waals surface area contributed by atoms with Crippen LogP contribution in [-0.4, -0.2) is 21.9 Å². The van der Waals surface area contributed by atoms with E-state index in [1.807, 2.05) is 6.07 Å². The van der Waals surface area contributed by atoms with Crippen LogP contribution >= 0.6 is 0 Å². The van der Waals surface area contributed by atoms with Crippen LogP contribution in [0.5, 0.6) is 11.5 Å². The molecule has 0 saturated carbocycles. The van der Waals surface area contributed by atoms with Crippen LogP contribution in [0.2, 0.25) is 0 Å². The normalized spacial score (nSPS) is 10.6. The van der Waals surface area contributed by atoms with Crippen molar-refractivity contribution in [2.45, 2.75) is 32.6 Å². The highest BCUT2D eigenvalue weighted by Gasteiger charge is 2.15. The topological polar surface area (TPSA) is 86.6 Å². The molecule has 30 heavy (non-hydrogen) atoms. The summed E-state index contributed by atoms with van der Waals surface area (Å²) in [5.41, 5.74) is 2.15. The van der Waals surface area contributed by atoms with E-state index in [1.54, 1.807) is 60.7 Å². The van der Waals surface area contributed by atoms with Crippen molar-refractivity contribution in [3.8, 4) is 11.5 Å². The fourth-order valence-electron chi connectivity index (χ4n) is 3.23. The molecule has 0 aromatic heterocycles. The van der Waals surface area contributed by atoms with Crippen molar-refractivity contribution in [3.05, 3.63) is 89.0 Å². The van der Waals surface area contributed by atoms with Crippen LogP contribution in [0.4, 0.5) is 5.69 Å². The van der Waals surface area contributed by atoms with Gasteiger partial charge in [-0.15, -0.1) is 0 Å². The number of ketones is 1. The Morgan fingerprint density at radius 1 is 0.800 bits per heavy atom. The van der Waals surface area contributed by atoms with Crippen molar-refractivity contribution in [2.24, 2.45) is 0 Å². The van der Waals surface area contributed by atoms with Crippen LogP contribution in [0.15, 0.2) is 66.7 Å². The SMILES string of the molecule is CCCCCc1cc(O)c(NC(=O)c2ccc(C(=O)c3ccccc3)cc2)c(O)c1. The summed E-state index contributed by atoms with van der Waals surface area (Å²) in [7, 11) is 0. The molecule has 0 unspecified atom stereocenters. The highest BCUT2D eigenvalue weighted by atomic mass is 16.3. The molecule has 3 rings (SSSR count). The highest BCUT2D eigenvalue weighted by molar-refractivity contribution is 6.10. The molecule has 0 spiro atoms. The van der Waals surface area contributed by atoms with E-state index in [-0.39, 0.29) is 23.0 Å². The summed E-state index contributed by atoms with van der Waals surface area (Å²) in [5, 5.41) is 23.0. The van der Waals surface area contributed by atoms with E-state index in [2.05, 4.69) is 12.2 Å². The minimum Gasteiger partial charge on any atom is -0.506 e. The van der Waals surface area contributed by atoms with Crippen molar-refractivity contribution >= 4 is 17.4 Å². The Balaban J connectivity index is 1.71. The van der Waals surface area contributed by atoms with E-state index in [1.165, 1.54) is 0 Å². The summed E-state index contributed by atoms with van der Waals surface area (Å²) in [4.78, 5) is 25.0. The van der Waals surface area contributed by atoms with Gasteiger partial charge in [-0.05, 0) is 42.7 Å². The largest absolute Gasteiger partial charge is 0.506 e. The van der Waals surface area contributed by atoms with Gasteiger partial charge in [-0.1, -0.05) is 62.2 Å². The smallest absolute Gasteiger partial charge is 0.255 e. The Morgan fingerprint density at radius 2 is 1.37 bits per heavy atom. The number of phenolic OH excluding ortho intramolecular Hbond substituents is 2. The molecular formula is C25H25NO4. The lowest BCUT2D eigenvalue weighted by Gasteiger charge is -2.12. The Bertz CT molecular complexity index is 1000. The van der Waals surface area contributed by atoms with Crippen molar-refractivity contribution in [1.82, 2.24) is 0 Å². The number of hydrogen-bond donors (Lipinski definition) is 3. The molecular weight excluding hydrogens is 378 g/mol. The van der Waals surface area contributed by atoms with Gasteiger partial charge in [-0.2, -0.15) is 0 Å². The van der Waals surface area contributed by atoms with Crippen LogP contribution in [0.3, 0.4) is 0 Å². The lowest BCUT2D eigenvalue weighted by atomic mass is 10.0. The number of aromatic hydroxyl groups is 2. The van der Waals surface area contributed by atoms with Gasteiger partial charge in [-0.25, -0.2) is 0 Å². The zero-order chi connectivity index (χ0) is 21.5. The minimum atomic E-state index is -0.488. The molecule has 0 aliphatic rings. The maximum Gasteiger partial charge on any atom is 0.255 e. The maximum absolute atomic E-state index is 12.5. The molecule has 3 N–H and O–H groups in total. The molecule has 0 saturated heterocycles. The third kappa shape index (κ3) is 5.06. The minimum absolute atomic E-state index is 0.0244. The average molecular weight is 403 g/mol. The fraction of sp³-hybridized carbons (Fsp3) is 0.200. The average Bonchev–Trinajstić information content (AvgIpc) is 2.76. The third-order valence-electron chi connectivity index (χ3n) is 4.91. The summed E-state index contributed by atoms with van der Waals surface area (Å²) in [6.07, 6.45) is 3.87. The van der Waals surface area contributed by atoms with E-state index < -0.39 is 5.91 Å². The van der Waals surface area contributed by atoms with Crippen LogP contribution in [0.25, 0.3) is 0 Å². The number of aryl methyl sites for hydroxylation is 1. The van der Waals surface area contributed by atoms with E-state index in [4.69, 9.17) is 0 Å². The van der Waals surface area contributed by atoms with Gasteiger partial charge in [0.1, 0.15) is 17.2 Å². The Hall–Kier alpha value is -3.60. The fourth-order valence-corrected chi connectivity index (χ4v) is 3.23. The van der Waals surface area contributed by atoms with E-state index >= 15 is 0 Å². The van der Waals surface area contributed by atoms with Gasteiger partial charge in [0.2, 0.25) is 0 Å². The predicted molar refractivity (Wildman–Crippen MR) is 117 cm³/mol. The summed E-state index contributed by atoms with van der Waals surface area (Å²) >= 11 is 0. The Morgan fingerprint density at radius 3 is 1.97 bits per heavy atom. The molecule has 0 radical (unpaired) electrons. The number of rotatable bonds is 8. The van der Waals surface area contributed by atoms with E-state index in [9.17, 15) is 19.8 Å². The zero-order valence-electron chi connectivity index (χ0n) is 16.9. The number of unbranched alkanes of at least 4 members (excludes halogenated alkanes) is 2. The molecule has 3 aromatic carbocycles. The lowest BCUT2D eigenvalue weighted by Crippen LogP contribution is -2.12. The number of phenols is 2. The number of benzene rings is 3. The molecule has 0 fully saturated rings. The molecule has 0 aliphatic carbocycles. The molecule has 0 atom stereocenters. The van der Waals surface area contributed by atoms with Crippen LogP contribution < -0.4 is 5.32 Å². The summed E-state index contributed by atoms with van der Waals surface area (Å²) in [6, 6.07) is 18.3. The van der Waals surface area contributed by atoms with Gasteiger partial charge in [0, 0.05) is 16.7 Å². The first-order valence-electron chi connectivity index (χ1n) is 10.1. The van der Waals surface area contributed by atoms with Crippen LogP contribution in [-0.2, 0) is 6.42 Å². The second kappa shape index (κ2) is 9.74. The van der Waals surface area contributed by atoms with Crippen molar-refractivity contribution in [1.29, 1.82) is 0 Å². The van der Waals surface area contributed by atoms with Gasteiger partial charge in [0.15, 0.2) is 5.78 Å². The zero-order valence-corrected chi connectivity index (χ0v) is 16.9. The first-order chi connectivity index (χ1) is 14.5.